The van der Waals surface area contributed by atoms with Gasteiger partial charge in [0.05, 0.1) is 5.92 Å². The Hall–Kier alpha value is -0.770. The van der Waals surface area contributed by atoms with Gasteiger partial charge in [-0.3, -0.25) is 4.79 Å². The first-order valence-electron chi connectivity index (χ1n) is 5.21. The van der Waals surface area contributed by atoms with Gasteiger partial charge >= 0.3 is 0 Å². The number of rotatable bonds is 2. The van der Waals surface area contributed by atoms with Crippen LogP contribution in [0.4, 0.5) is 0 Å². The summed E-state index contributed by atoms with van der Waals surface area (Å²) in [4.78, 5) is 13.5. The number of carbonyl (C=O) groups is 1. The fourth-order valence-corrected chi connectivity index (χ4v) is 2.33. The summed E-state index contributed by atoms with van der Waals surface area (Å²) >= 11 is 0. The van der Waals surface area contributed by atoms with E-state index >= 15 is 0 Å². The summed E-state index contributed by atoms with van der Waals surface area (Å²) in [6.45, 7) is 1.69. The molecule has 0 aromatic heterocycles. The molecule has 3 nitrogen and oxygen atoms in total. The van der Waals surface area contributed by atoms with Crippen LogP contribution in [-0.4, -0.2) is 30.9 Å². The molecule has 1 saturated heterocycles. The van der Waals surface area contributed by atoms with E-state index in [1.54, 1.807) is 0 Å². The van der Waals surface area contributed by atoms with Gasteiger partial charge in [0.15, 0.2) is 0 Å². The zero-order valence-electron chi connectivity index (χ0n) is 9.70. The van der Waals surface area contributed by atoms with Gasteiger partial charge in [-0.1, -0.05) is 30.3 Å². The number of benzene rings is 1. The second-order valence-corrected chi connectivity index (χ2v) is 4.25. The van der Waals surface area contributed by atoms with Crippen LogP contribution in [0.2, 0.25) is 0 Å². The summed E-state index contributed by atoms with van der Waals surface area (Å²) in [6, 6.07) is 10.1. The Labute approximate surface area is 114 Å². The van der Waals surface area contributed by atoms with Gasteiger partial charge in [0.25, 0.3) is 0 Å². The standard InChI is InChI=1S/C12H16N2O.2ClH/c1-14-7-10(11(8-14)12(13)15)9-5-3-2-4-6-9;;/h2-6,10-11H,7-8H2,1H3,(H2,13,15);2*1H. The monoisotopic (exact) mass is 276 g/mol. The van der Waals surface area contributed by atoms with Crippen molar-refractivity contribution in [1.29, 1.82) is 0 Å². The van der Waals surface area contributed by atoms with Crippen molar-refractivity contribution >= 4 is 30.7 Å². The Morgan fingerprint density at radius 3 is 2.35 bits per heavy atom. The smallest absolute Gasteiger partial charge is 0.222 e. The molecule has 2 rings (SSSR count). The maximum Gasteiger partial charge on any atom is 0.222 e. The van der Waals surface area contributed by atoms with E-state index in [1.807, 2.05) is 25.2 Å². The molecule has 1 aliphatic rings. The Kier molecular flexibility index (Phi) is 6.53. The summed E-state index contributed by atoms with van der Waals surface area (Å²) in [5.74, 6) is 0.0271. The molecule has 1 aromatic rings. The van der Waals surface area contributed by atoms with E-state index < -0.39 is 0 Å². The Balaban J connectivity index is 0.00000128. The highest BCUT2D eigenvalue weighted by Crippen LogP contribution is 2.31. The number of halogens is 2. The van der Waals surface area contributed by atoms with Crippen LogP contribution in [-0.2, 0) is 4.79 Å². The van der Waals surface area contributed by atoms with Gasteiger partial charge < -0.3 is 10.6 Å². The van der Waals surface area contributed by atoms with Gasteiger partial charge in [0.1, 0.15) is 0 Å². The number of amides is 1. The molecule has 1 fully saturated rings. The van der Waals surface area contributed by atoms with E-state index in [0.29, 0.717) is 0 Å². The first-order valence-corrected chi connectivity index (χ1v) is 5.21. The lowest BCUT2D eigenvalue weighted by molar-refractivity contribution is -0.121. The summed E-state index contributed by atoms with van der Waals surface area (Å²) in [5, 5.41) is 0. The molecule has 1 aliphatic heterocycles. The number of likely N-dealkylation sites (tertiary alicyclic amines) is 1. The van der Waals surface area contributed by atoms with Crippen LogP contribution in [0, 0.1) is 5.92 Å². The molecule has 1 heterocycles. The van der Waals surface area contributed by atoms with Crippen LogP contribution < -0.4 is 5.73 Å². The first-order chi connectivity index (χ1) is 7.18. The van der Waals surface area contributed by atoms with Gasteiger partial charge in [0.2, 0.25) is 5.91 Å². The molecule has 5 heteroatoms. The van der Waals surface area contributed by atoms with E-state index in [0.717, 1.165) is 13.1 Å². The highest BCUT2D eigenvalue weighted by molar-refractivity contribution is 5.85. The third kappa shape index (κ3) is 3.60. The van der Waals surface area contributed by atoms with Crippen LogP contribution in [0.5, 0.6) is 0 Å². The lowest BCUT2D eigenvalue weighted by atomic mass is 9.89. The molecule has 0 saturated carbocycles. The normalized spacial score (nSPS) is 23.6. The average molecular weight is 277 g/mol. The van der Waals surface area contributed by atoms with Crippen LogP contribution in [0.25, 0.3) is 0 Å². The van der Waals surface area contributed by atoms with Gasteiger partial charge in [-0.05, 0) is 12.6 Å². The quantitative estimate of drug-likeness (QED) is 0.893. The summed E-state index contributed by atoms with van der Waals surface area (Å²) in [7, 11) is 2.03. The third-order valence-electron chi connectivity index (χ3n) is 3.10. The molecule has 0 aliphatic carbocycles. The van der Waals surface area contributed by atoms with Crippen molar-refractivity contribution in [1.82, 2.24) is 4.90 Å². The Morgan fingerprint density at radius 2 is 1.82 bits per heavy atom. The number of likely N-dealkylation sites (N-methyl/N-ethyl adjacent to an activating group) is 1. The number of primary amides is 1. The Morgan fingerprint density at radius 1 is 1.24 bits per heavy atom. The fourth-order valence-electron chi connectivity index (χ4n) is 2.33. The van der Waals surface area contributed by atoms with E-state index in [2.05, 4.69) is 17.0 Å². The minimum atomic E-state index is -0.187. The van der Waals surface area contributed by atoms with Crippen molar-refractivity contribution in [3.63, 3.8) is 0 Å². The van der Waals surface area contributed by atoms with Crippen LogP contribution in [0.1, 0.15) is 11.5 Å². The van der Waals surface area contributed by atoms with Gasteiger partial charge in [-0.15, -0.1) is 24.8 Å². The van der Waals surface area contributed by atoms with Crippen molar-refractivity contribution in [2.45, 2.75) is 5.92 Å². The molecule has 0 bridgehead atoms. The second kappa shape index (κ2) is 6.84. The van der Waals surface area contributed by atoms with Crippen LogP contribution >= 0.6 is 24.8 Å². The number of carbonyl (C=O) groups excluding carboxylic acids is 1. The number of nitrogens with two attached hydrogens (primary N) is 1. The summed E-state index contributed by atoms with van der Waals surface area (Å²) in [6.07, 6.45) is 0. The minimum absolute atomic E-state index is 0. The Bertz CT molecular complexity index is 359. The van der Waals surface area contributed by atoms with Crippen molar-refractivity contribution in [3.8, 4) is 0 Å². The zero-order chi connectivity index (χ0) is 10.8. The molecule has 2 atom stereocenters. The summed E-state index contributed by atoms with van der Waals surface area (Å²) < 4.78 is 0. The van der Waals surface area contributed by atoms with Gasteiger partial charge in [-0.25, -0.2) is 0 Å². The predicted octanol–water partition coefficient (Wildman–Crippen LogP) is 1.66. The molecule has 0 spiro atoms. The molecule has 1 aromatic carbocycles. The molecule has 2 unspecified atom stereocenters. The molecular weight excluding hydrogens is 259 g/mol. The molecular formula is C12H18Cl2N2O. The number of hydrogen-bond donors (Lipinski definition) is 1. The highest BCUT2D eigenvalue weighted by atomic mass is 35.5. The molecule has 1 amide bonds. The largest absolute Gasteiger partial charge is 0.369 e. The SMILES string of the molecule is CN1CC(C(N)=O)C(c2ccccc2)C1.Cl.Cl. The summed E-state index contributed by atoms with van der Waals surface area (Å²) in [5.41, 5.74) is 6.64. The van der Waals surface area contributed by atoms with E-state index in [-0.39, 0.29) is 42.6 Å². The van der Waals surface area contributed by atoms with Crippen molar-refractivity contribution in [2.75, 3.05) is 20.1 Å². The van der Waals surface area contributed by atoms with Gasteiger partial charge in [0, 0.05) is 19.0 Å². The first kappa shape index (κ1) is 16.2. The van der Waals surface area contributed by atoms with E-state index in [4.69, 9.17) is 5.73 Å². The zero-order valence-corrected chi connectivity index (χ0v) is 11.3. The van der Waals surface area contributed by atoms with Crippen LogP contribution in [0.3, 0.4) is 0 Å². The van der Waals surface area contributed by atoms with E-state index in [9.17, 15) is 4.79 Å². The molecule has 2 N–H and O–H groups in total. The maximum atomic E-state index is 11.3. The number of hydrogen-bond acceptors (Lipinski definition) is 2. The molecule has 17 heavy (non-hydrogen) atoms. The van der Waals surface area contributed by atoms with E-state index in [1.165, 1.54) is 5.56 Å². The van der Waals surface area contributed by atoms with Crippen LogP contribution in [0.15, 0.2) is 30.3 Å². The third-order valence-corrected chi connectivity index (χ3v) is 3.10. The topological polar surface area (TPSA) is 46.3 Å². The highest BCUT2D eigenvalue weighted by Gasteiger charge is 2.35. The predicted molar refractivity (Wildman–Crippen MR) is 73.9 cm³/mol. The fraction of sp³-hybridized carbons (Fsp3) is 0.417. The molecule has 96 valence electrons. The van der Waals surface area contributed by atoms with Crippen molar-refractivity contribution < 1.29 is 4.79 Å². The average Bonchev–Trinajstić information content (AvgIpc) is 2.62. The second-order valence-electron chi connectivity index (χ2n) is 4.25. The minimum Gasteiger partial charge on any atom is -0.369 e. The number of nitrogens with zero attached hydrogens (tertiary/aromatic N) is 1. The van der Waals surface area contributed by atoms with Crippen molar-refractivity contribution in [2.24, 2.45) is 11.7 Å². The van der Waals surface area contributed by atoms with Gasteiger partial charge in [-0.2, -0.15) is 0 Å². The maximum absolute atomic E-state index is 11.3. The lowest BCUT2D eigenvalue weighted by Gasteiger charge is -2.15. The van der Waals surface area contributed by atoms with Crippen molar-refractivity contribution in [3.05, 3.63) is 35.9 Å². The lowest BCUT2D eigenvalue weighted by Crippen LogP contribution is -2.28. The molecule has 0 radical (unpaired) electrons.